The quantitative estimate of drug-likeness (QED) is 0.777. The molecule has 0 radical (unpaired) electrons. The average Bonchev–Trinajstić information content (AvgIpc) is 2.85. The number of benzene rings is 2. The van der Waals surface area contributed by atoms with Crippen molar-refractivity contribution in [2.45, 2.75) is 20.1 Å². The highest BCUT2D eigenvalue weighted by molar-refractivity contribution is 5.88. The minimum absolute atomic E-state index is 0.0960. The van der Waals surface area contributed by atoms with Gasteiger partial charge in [-0.25, -0.2) is 4.98 Å². The maximum Gasteiger partial charge on any atom is 0.221 e. The lowest BCUT2D eigenvalue weighted by Gasteiger charge is -2.10. The molecule has 0 aliphatic carbocycles. The predicted octanol–water partition coefficient (Wildman–Crippen LogP) is 2.54. The van der Waals surface area contributed by atoms with Crippen LogP contribution in [0.5, 0.6) is 0 Å². The Bertz CT molecular complexity index is 824. The molecule has 0 aliphatic rings. The van der Waals surface area contributed by atoms with Crippen LogP contribution in [0.1, 0.15) is 18.3 Å². The fourth-order valence-corrected chi connectivity index (χ4v) is 2.56. The predicted molar refractivity (Wildman–Crippen MR) is 85.5 cm³/mol. The number of fused-ring (bicyclic) bond motifs is 1. The van der Waals surface area contributed by atoms with E-state index in [4.69, 9.17) is 0 Å². The van der Waals surface area contributed by atoms with E-state index in [1.54, 1.807) is 0 Å². The first-order valence-electron chi connectivity index (χ1n) is 7.09. The van der Waals surface area contributed by atoms with Gasteiger partial charge in [0.05, 0.1) is 11.0 Å². The number of hydrogen-bond acceptors (Lipinski definition) is 3. The number of nitrogens with one attached hydrogen (secondary N) is 1. The number of hydrogen-bond donors (Lipinski definition) is 2. The lowest BCUT2D eigenvalue weighted by molar-refractivity contribution is -0.114. The van der Waals surface area contributed by atoms with Gasteiger partial charge in [0.2, 0.25) is 5.91 Å². The molecule has 5 heteroatoms. The van der Waals surface area contributed by atoms with Crippen LogP contribution in [0.4, 0.5) is 5.69 Å². The second kappa shape index (κ2) is 5.99. The van der Waals surface area contributed by atoms with Crippen LogP contribution in [0.25, 0.3) is 11.0 Å². The Morgan fingerprint density at radius 1 is 1.23 bits per heavy atom. The van der Waals surface area contributed by atoms with Crippen LogP contribution in [-0.4, -0.2) is 20.6 Å². The first kappa shape index (κ1) is 14.3. The molecule has 0 atom stereocenters. The van der Waals surface area contributed by atoms with Gasteiger partial charge in [0.1, 0.15) is 12.4 Å². The zero-order valence-corrected chi connectivity index (χ0v) is 12.3. The topological polar surface area (TPSA) is 67.2 Å². The van der Waals surface area contributed by atoms with Crippen LogP contribution in [0, 0.1) is 0 Å². The average molecular weight is 295 g/mol. The Hall–Kier alpha value is -2.66. The van der Waals surface area contributed by atoms with Gasteiger partial charge in [-0.15, -0.1) is 0 Å². The monoisotopic (exact) mass is 295 g/mol. The van der Waals surface area contributed by atoms with E-state index in [1.807, 2.05) is 53.1 Å². The van der Waals surface area contributed by atoms with Gasteiger partial charge in [0, 0.05) is 19.2 Å². The summed E-state index contributed by atoms with van der Waals surface area (Å²) in [5, 5.41) is 12.3. The first-order chi connectivity index (χ1) is 10.7. The molecule has 22 heavy (non-hydrogen) atoms. The van der Waals surface area contributed by atoms with Crippen molar-refractivity contribution < 1.29 is 9.90 Å². The molecule has 3 rings (SSSR count). The van der Waals surface area contributed by atoms with Crippen LogP contribution in [0.3, 0.4) is 0 Å². The lowest BCUT2D eigenvalue weighted by atomic mass is 10.2. The Morgan fingerprint density at radius 2 is 2.05 bits per heavy atom. The molecule has 0 saturated heterocycles. The zero-order chi connectivity index (χ0) is 15.5. The number of carbonyl (C=O) groups excluding carboxylic acids is 1. The van der Waals surface area contributed by atoms with E-state index in [0.29, 0.717) is 12.4 Å². The highest BCUT2D eigenvalue weighted by atomic mass is 16.3. The number of aliphatic hydroxyl groups excluding tert-OH is 1. The number of carbonyl (C=O) groups is 1. The van der Waals surface area contributed by atoms with Gasteiger partial charge in [-0.3, -0.25) is 4.79 Å². The summed E-state index contributed by atoms with van der Waals surface area (Å²) in [6, 6.07) is 15.5. The minimum atomic E-state index is -0.111. The molecular weight excluding hydrogens is 278 g/mol. The number of para-hydroxylation sites is 2. The number of aliphatic hydroxyl groups is 1. The maximum absolute atomic E-state index is 11.2. The number of rotatable bonds is 4. The van der Waals surface area contributed by atoms with Crippen molar-refractivity contribution in [3.05, 3.63) is 59.9 Å². The molecule has 1 heterocycles. The van der Waals surface area contributed by atoms with Crippen LogP contribution in [0.2, 0.25) is 0 Å². The van der Waals surface area contributed by atoms with Gasteiger partial charge in [-0.05, 0) is 29.8 Å². The molecule has 3 aromatic rings. The van der Waals surface area contributed by atoms with Crippen molar-refractivity contribution in [3.63, 3.8) is 0 Å². The first-order valence-corrected chi connectivity index (χ1v) is 7.09. The molecule has 0 aliphatic heterocycles. The Labute approximate surface area is 128 Å². The van der Waals surface area contributed by atoms with Crippen molar-refractivity contribution in [3.8, 4) is 0 Å². The largest absolute Gasteiger partial charge is 0.388 e. The van der Waals surface area contributed by atoms with Crippen molar-refractivity contribution in [2.24, 2.45) is 0 Å². The highest BCUT2D eigenvalue weighted by Gasteiger charge is 2.10. The summed E-state index contributed by atoms with van der Waals surface area (Å²) in [5.41, 5.74) is 3.64. The van der Waals surface area contributed by atoms with Crippen LogP contribution < -0.4 is 5.32 Å². The molecule has 0 bridgehead atoms. The van der Waals surface area contributed by atoms with E-state index in [-0.39, 0.29) is 12.5 Å². The van der Waals surface area contributed by atoms with E-state index in [0.717, 1.165) is 22.3 Å². The molecule has 0 saturated carbocycles. The second-order valence-electron chi connectivity index (χ2n) is 5.14. The Kier molecular flexibility index (Phi) is 3.89. The van der Waals surface area contributed by atoms with E-state index in [2.05, 4.69) is 10.3 Å². The summed E-state index contributed by atoms with van der Waals surface area (Å²) in [5.74, 6) is 0.535. The molecule has 2 aromatic carbocycles. The Balaban J connectivity index is 1.97. The van der Waals surface area contributed by atoms with Crippen molar-refractivity contribution >= 4 is 22.6 Å². The SMILES string of the molecule is CC(=O)Nc1cccc(Cn2c(CO)nc3ccccc32)c1. The van der Waals surface area contributed by atoms with Gasteiger partial charge in [-0.1, -0.05) is 24.3 Å². The number of amides is 1. The molecule has 0 unspecified atom stereocenters. The van der Waals surface area contributed by atoms with Crippen molar-refractivity contribution in [2.75, 3.05) is 5.32 Å². The molecular formula is C17H17N3O2. The summed E-state index contributed by atoms with van der Waals surface area (Å²) >= 11 is 0. The summed E-state index contributed by atoms with van der Waals surface area (Å²) in [6.45, 7) is 1.96. The van der Waals surface area contributed by atoms with Crippen molar-refractivity contribution in [1.29, 1.82) is 0 Å². The zero-order valence-electron chi connectivity index (χ0n) is 12.3. The number of imidazole rings is 1. The molecule has 2 N–H and O–H groups in total. The summed E-state index contributed by atoms with van der Waals surface area (Å²) in [4.78, 5) is 15.6. The van der Waals surface area contributed by atoms with Crippen molar-refractivity contribution in [1.82, 2.24) is 9.55 Å². The molecule has 1 aromatic heterocycles. The third-order valence-corrected chi connectivity index (χ3v) is 3.46. The summed E-state index contributed by atoms with van der Waals surface area (Å²) in [7, 11) is 0. The van der Waals surface area contributed by atoms with Gasteiger partial charge < -0.3 is 15.0 Å². The maximum atomic E-state index is 11.2. The number of aromatic nitrogens is 2. The third kappa shape index (κ3) is 2.84. The molecule has 0 fully saturated rings. The smallest absolute Gasteiger partial charge is 0.221 e. The fourth-order valence-electron chi connectivity index (χ4n) is 2.56. The van der Waals surface area contributed by atoms with Crippen LogP contribution in [-0.2, 0) is 17.9 Å². The lowest BCUT2D eigenvalue weighted by Crippen LogP contribution is -2.08. The van der Waals surface area contributed by atoms with Crippen LogP contribution in [0.15, 0.2) is 48.5 Å². The highest BCUT2D eigenvalue weighted by Crippen LogP contribution is 2.19. The van der Waals surface area contributed by atoms with E-state index >= 15 is 0 Å². The van der Waals surface area contributed by atoms with Gasteiger partial charge in [0.25, 0.3) is 0 Å². The fraction of sp³-hybridized carbons (Fsp3) is 0.176. The van der Waals surface area contributed by atoms with E-state index in [1.165, 1.54) is 6.92 Å². The standard InChI is InChI=1S/C17H17N3O2/c1-12(22)18-14-6-4-5-13(9-14)10-20-16-8-3-2-7-15(16)19-17(20)11-21/h2-9,21H,10-11H2,1H3,(H,18,22). The summed E-state index contributed by atoms with van der Waals surface area (Å²) < 4.78 is 1.99. The molecule has 5 nitrogen and oxygen atoms in total. The molecule has 0 spiro atoms. The van der Waals surface area contributed by atoms with Crippen LogP contribution >= 0.6 is 0 Å². The van der Waals surface area contributed by atoms with Gasteiger partial charge >= 0.3 is 0 Å². The van der Waals surface area contributed by atoms with E-state index in [9.17, 15) is 9.90 Å². The normalized spacial score (nSPS) is 10.8. The minimum Gasteiger partial charge on any atom is -0.388 e. The molecule has 1 amide bonds. The number of anilines is 1. The van der Waals surface area contributed by atoms with Gasteiger partial charge in [0.15, 0.2) is 0 Å². The van der Waals surface area contributed by atoms with E-state index < -0.39 is 0 Å². The Morgan fingerprint density at radius 3 is 2.82 bits per heavy atom. The van der Waals surface area contributed by atoms with Gasteiger partial charge in [-0.2, -0.15) is 0 Å². The second-order valence-corrected chi connectivity index (χ2v) is 5.14. The third-order valence-electron chi connectivity index (χ3n) is 3.46. The summed E-state index contributed by atoms with van der Waals surface area (Å²) in [6.07, 6.45) is 0. The number of nitrogens with zero attached hydrogens (tertiary/aromatic N) is 2. The molecule has 112 valence electrons.